The minimum atomic E-state index is 0. The van der Waals surface area contributed by atoms with E-state index in [-0.39, 0.29) is 40.7 Å². The Kier molecular flexibility index (Phi) is 7.23. The zero-order valence-corrected chi connectivity index (χ0v) is 14.8. The second-order valence-electron chi connectivity index (χ2n) is 6.09. The van der Waals surface area contributed by atoms with Crippen molar-refractivity contribution in [3.8, 4) is 11.5 Å². The van der Waals surface area contributed by atoms with Gasteiger partial charge in [-0.2, -0.15) is 0 Å². The predicted octanol–water partition coefficient (Wildman–Crippen LogP) is 3.94. The number of hydrogen-bond acceptors (Lipinski definition) is 4. The summed E-state index contributed by atoms with van der Waals surface area (Å²) in [5.41, 5.74) is 1.46. The van der Waals surface area contributed by atoms with Crippen molar-refractivity contribution in [2.75, 3.05) is 0 Å². The quantitative estimate of drug-likeness (QED) is 0.618. The van der Waals surface area contributed by atoms with Gasteiger partial charge in [-0.3, -0.25) is 9.98 Å². The van der Waals surface area contributed by atoms with Crippen LogP contribution in [0.1, 0.15) is 36.8 Å². The fourth-order valence-corrected chi connectivity index (χ4v) is 2.98. The number of phenolic OH excluding ortho intramolecular Hbond substituents is 2. The second-order valence-corrected chi connectivity index (χ2v) is 6.09. The minimum absolute atomic E-state index is 0. The van der Waals surface area contributed by atoms with Crippen molar-refractivity contribution >= 4 is 12.4 Å². The van der Waals surface area contributed by atoms with E-state index in [1.165, 1.54) is 0 Å². The number of aliphatic imine (C=N–C) groups is 2. The normalized spacial score (nSPS) is 20.6. The van der Waals surface area contributed by atoms with Gasteiger partial charge in [-0.1, -0.05) is 37.1 Å². The maximum atomic E-state index is 9.84. The van der Waals surface area contributed by atoms with Gasteiger partial charge in [0.25, 0.3) is 0 Å². The van der Waals surface area contributed by atoms with Gasteiger partial charge in [0.2, 0.25) is 0 Å². The van der Waals surface area contributed by atoms with Crippen LogP contribution in [0.25, 0.3) is 0 Å². The molecule has 2 aromatic carbocycles. The number of nitrogens with zero attached hydrogens (tertiary/aromatic N) is 2. The number of hydrogen-bond donors (Lipinski definition) is 2. The first-order chi connectivity index (χ1) is 11.7. The van der Waals surface area contributed by atoms with Gasteiger partial charge in [-0.25, -0.2) is 0 Å². The van der Waals surface area contributed by atoms with Gasteiger partial charge in [-0.15, -0.1) is 0 Å². The Labute approximate surface area is 158 Å². The summed E-state index contributed by atoms with van der Waals surface area (Å²) < 4.78 is 0. The Morgan fingerprint density at radius 3 is 1.52 bits per heavy atom. The van der Waals surface area contributed by atoms with Gasteiger partial charge in [-0.05, 0) is 37.1 Å². The fourth-order valence-electron chi connectivity index (χ4n) is 2.98. The van der Waals surface area contributed by atoms with E-state index in [2.05, 4.69) is 9.98 Å². The molecule has 1 radical (unpaired) electrons. The third kappa shape index (κ3) is 5.18. The minimum Gasteiger partial charge on any atom is -0.507 e. The van der Waals surface area contributed by atoms with Crippen LogP contribution in [0.2, 0.25) is 0 Å². The molecule has 1 aliphatic carbocycles. The number of para-hydroxylation sites is 2. The molecule has 5 heteroatoms. The maximum absolute atomic E-state index is 9.84. The van der Waals surface area contributed by atoms with Crippen molar-refractivity contribution in [1.82, 2.24) is 0 Å². The van der Waals surface area contributed by atoms with E-state index in [0.717, 1.165) is 36.8 Å². The topological polar surface area (TPSA) is 65.2 Å². The molecule has 0 amide bonds. The average Bonchev–Trinajstić information content (AvgIpc) is 2.61. The Morgan fingerprint density at radius 1 is 0.720 bits per heavy atom. The molecule has 1 saturated carbocycles. The molecule has 135 valence electrons. The molecule has 0 unspecified atom stereocenters. The Bertz CT molecular complexity index is 682. The number of aromatic hydroxyl groups is 2. The predicted molar refractivity (Wildman–Crippen MR) is 97.4 cm³/mol. The van der Waals surface area contributed by atoms with Gasteiger partial charge in [0.15, 0.2) is 0 Å². The summed E-state index contributed by atoms with van der Waals surface area (Å²) in [6.07, 6.45) is 7.76. The molecule has 2 atom stereocenters. The summed E-state index contributed by atoms with van der Waals surface area (Å²) in [7, 11) is 0. The molecule has 4 nitrogen and oxygen atoms in total. The first kappa shape index (κ1) is 19.2. The van der Waals surface area contributed by atoms with Gasteiger partial charge in [0.1, 0.15) is 11.5 Å². The monoisotopic (exact) mass is 385 g/mol. The molecular weight excluding hydrogens is 364 g/mol. The Hall–Kier alpha value is -2.10. The summed E-state index contributed by atoms with van der Waals surface area (Å²) >= 11 is 0. The van der Waals surface area contributed by atoms with Gasteiger partial charge >= 0.3 is 0 Å². The molecule has 3 rings (SSSR count). The number of benzene rings is 2. The molecule has 0 bridgehead atoms. The molecule has 0 spiro atoms. The molecular formula is C20H22CuN2O2. The van der Waals surface area contributed by atoms with E-state index in [9.17, 15) is 10.2 Å². The van der Waals surface area contributed by atoms with Gasteiger partial charge < -0.3 is 10.2 Å². The van der Waals surface area contributed by atoms with Crippen LogP contribution in [-0.4, -0.2) is 34.7 Å². The van der Waals surface area contributed by atoms with Crippen LogP contribution in [-0.2, 0) is 17.1 Å². The third-order valence-electron chi connectivity index (χ3n) is 4.38. The van der Waals surface area contributed by atoms with Crippen LogP contribution >= 0.6 is 0 Å². The van der Waals surface area contributed by atoms with E-state index in [1.807, 2.05) is 24.3 Å². The molecule has 25 heavy (non-hydrogen) atoms. The van der Waals surface area contributed by atoms with Crippen molar-refractivity contribution < 1.29 is 27.3 Å². The first-order valence-corrected chi connectivity index (χ1v) is 8.36. The van der Waals surface area contributed by atoms with Crippen LogP contribution in [0.3, 0.4) is 0 Å². The van der Waals surface area contributed by atoms with Crippen LogP contribution in [0.5, 0.6) is 11.5 Å². The zero-order chi connectivity index (χ0) is 16.8. The van der Waals surface area contributed by atoms with Crippen molar-refractivity contribution in [1.29, 1.82) is 0 Å². The summed E-state index contributed by atoms with van der Waals surface area (Å²) in [6, 6.07) is 14.6. The van der Waals surface area contributed by atoms with Crippen LogP contribution in [0.15, 0.2) is 58.5 Å². The summed E-state index contributed by atoms with van der Waals surface area (Å²) in [4.78, 5) is 9.34. The van der Waals surface area contributed by atoms with Crippen LogP contribution in [0, 0.1) is 0 Å². The SMILES string of the molecule is Oc1ccccc1C=N[C@H]1CCCC[C@@H]1N=Cc1ccccc1O.[Cu]. The summed E-state index contributed by atoms with van der Waals surface area (Å²) in [6.45, 7) is 0. The Morgan fingerprint density at radius 2 is 1.12 bits per heavy atom. The van der Waals surface area contributed by atoms with E-state index in [0.29, 0.717) is 0 Å². The fraction of sp³-hybridized carbons (Fsp3) is 0.300. The average molecular weight is 386 g/mol. The molecule has 1 aliphatic rings. The molecule has 2 N–H and O–H groups in total. The first-order valence-electron chi connectivity index (χ1n) is 8.36. The molecule has 0 saturated heterocycles. The zero-order valence-electron chi connectivity index (χ0n) is 13.8. The largest absolute Gasteiger partial charge is 0.507 e. The number of phenols is 2. The Balaban J connectivity index is 0.00000225. The molecule has 0 aromatic heterocycles. The van der Waals surface area contributed by atoms with E-state index >= 15 is 0 Å². The molecule has 1 fully saturated rings. The van der Waals surface area contributed by atoms with Crippen LogP contribution in [0.4, 0.5) is 0 Å². The van der Waals surface area contributed by atoms with E-state index < -0.39 is 0 Å². The molecule has 2 aromatic rings. The summed E-state index contributed by atoms with van der Waals surface area (Å²) in [5.74, 6) is 0.484. The van der Waals surface area contributed by atoms with Crippen LogP contribution < -0.4 is 0 Å². The van der Waals surface area contributed by atoms with Gasteiger partial charge in [0, 0.05) is 40.6 Å². The van der Waals surface area contributed by atoms with Crippen molar-refractivity contribution in [2.45, 2.75) is 37.8 Å². The van der Waals surface area contributed by atoms with E-state index in [1.54, 1.807) is 36.7 Å². The number of rotatable bonds is 4. The van der Waals surface area contributed by atoms with E-state index in [4.69, 9.17) is 0 Å². The second kappa shape index (κ2) is 9.40. The summed E-state index contributed by atoms with van der Waals surface area (Å²) in [5, 5.41) is 19.7. The van der Waals surface area contributed by atoms with Crippen molar-refractivity contribution in [3.05, 3.63) is 59.7 Å². The maximum Gasteiger partial charge on any atom is 0.124 e. The smallest absolute Gasteiger partial charge is 0.124 e. The molecule has 0 heterocycles. The van der Waals surface area contributed by atoms with Gasteiger partial charge in [0.05, 0.1) is 12.1 Å². The van der Waals surface area contributed by atoms with Crippen molar-refractivity contribution in [2.24, 2.45) is 9.98 Å². The van der Waals surface area contributed by atoms with Crippen molar-refractivity contribution in [3.63, 3.8) is 0 Å². The standard InChI is InChI=1S/C20H22N2O2.Cu/c23-19-11-5-1-7-15(19)13-21-17-9-3-4-10-18(17)22-14-16-8-2-6-12-20(16)24;/h1-2,5-8,11-14,17-18,23-24H,3-4,9-10H2;/t17-,18-;/m0./s1. The third-order valence-corrected chi connectivity index (χ3v) is 4.38. The molecule has 0 aliphatic heterocycles.